The Balaban J connectivity index is 1.72. The van der Waals surface area contributed by atoms with E-state index in [0.29, 0.717) is 30.6 Å². The summed E-state index contributed by atoms with van der Waals surface area (Å²) in [4.78, 5) is 12.0. The normalized spacial score (nSPS) is 15.7. The van der Waals surface area contributed by atoms with Gasteiger partial charge in [-0.1, -0.05) is 19.3 Å². The van der Waals surface area contributed by atoms with E-state index in [1.54, 1.807) is 25.3 Å². The van der Waals surface area contributed by atoms with Crippen molar-refractivity contribution < 1.29 is 14.3 Å². The van der Waals surface area contributed by atoms with Crippen molar-refractivity contribution >= 4 is 21.8 Å². The summed E-state index contributed by atoms with van der Waals surface area (Å²) in [6.45, 7) is 1.12. The molecule has 1 amide bonds. The number of benzene rings is 1. The van der Waals surface area contributed by atoms with E-state index in [-0.39, 0.29) is 5.91 Å². The van der Waals surface area contributed by atoms with Gasteiger partial charge in [-0.2, -0.15) is 0 Å². The quantitative estimate of drug-likeness (QED) is 0.794. The Morgan fingerprint density at radius 1 is 1.33 bits per heavy atom. The molecule has 0 heterocycles. The molecule has 1 aliphatic carbocycles. The molecule has 0 spiro atoms. The standard InChI is InChI=1S/C16H22BrNO3/c1-20-15-8-7-12(11-14(15)17)16(19)18-9-10-21-13-5-3-2-4-6-13/h7-8,11,13H,2-6,9-10H2,1H3,(H,18,19). The number of ether oxygens (including phenoxy) is 2. The molecule has 21 heavy (non-hydrogen) atoms. The van der Waals surface area contributed by atoms with Gasteiger partial charge in [-0.05, 0) is 47.0 Å². The van der Waals surface area contributed by atoms with Gasteiger partial charge in [0, 0.05) is 12.1 Å². The first-order chi connectivity index (χ1) is 10.2. The van der Waals surface area contributed by atoms with Crippen LogP contribution in [0, 0.1) is 0 Å². The number of rotatable bonds is 6. The molecule has 1 aliphatic rings. The molecule has 5 heteroatoms. The third kappa shape index (κ3) is 5.00. The molecule has 0 aliphatic heterocycles. The molecule has 0 aromatic heterocycles. The van der Waals surface area contributed by atoms with Crippen molar-refractivity contribution in [2.75, 3.05) is 20.3 Å². The number of halogens is 1. The van der Waals surface area contributed by atoms with Crippen LogP contribution in [0.25, 0.3) is 0 Å². The van der Waals surface area contributed by atoms with Gasteiger partial charge in [0.25, 0.3) is 5.91 Å². The fourth-order valence-electron chi connectivity index (χ4n) is 2.53. The second kappa shape index (κ2) is 8.39. The fourth-order valence-corrected chi connectivity index (χ4v) is 3.07. The van der Waals surface area contributed by atoms with E-state index in [1.165, 1.54) is 19.3 Å². The van der Waals surface area contributed by atoms with Crippen molar-refractivity contribution in [1.29, 1.82) is 0 Å². The highest BCUT2D eigenvalue weighted by Gasteiger charge is 2.13. The highest BCUT2D eigenvalue weighted by atomic mass is 79.9. The molecule has 1 fully saturated rings. The SMILES string of the molecule is COc1ccc(C(=O)NCCOC2CCCCC2)cc1Br. The molecule has 0 unspecified atom stereocenters. The molecule has 0 saturated heterocycles. The number of carbonyl (C=O) groups excluding carboxylic acids is 1. The van der Waals surface area contributed by atoms with Crippen LogP contribution in [0.1, 0.15) is 42.5 Å². The van der Waals surface area contributed by atoms with Crippen molar-refractivity contribution in [2.24, 2.45) is 0 Å². The average Bonchev–Trinajstić information content (AvgIpc) is 2.52. The molecule has 0 atom stereocenters. The van der Waals surface area contributed by atoms with Crippen LogP contribution in [-0.2, 0) is 4.74 Å². The second-order valence-corrected chi connectivity index (χ2v) is 6.09. The largest absolute Gasteiger partial charge is 0.496 e. The summed E-state index contributed by atoms with van der Waals surface area (Å²) in [7, 11) is 1.60. The lowest BCUT2D eigenvalue weighted by molar-refractivity contribution is 0.0299. The van der Waals surface area contributed by atoms with Crippen molar-refractivity contribution in [3.05, 3.63) is 28.2 Å². The fraction of sp³-hybridized carbons (Fsp3) is 0.562. The maximum atomic E-state index is 12.0. The number of hydrogen-bond acceptors (Lipinski definition) is 3. The molecule has 1 N–H and O–H groups in total. The Morgan fingerprint density at radius 2 is 2.10 bits per heavy atom. The molecule has 1 aromatic rings. The first kappa shape index (κ1) is 16.3. The number of carbonyl (C=O) groups is 1. The van der Waals surface area contributed by atoms with Crippen molar-refractivity contribution in [3.63, 3.8) is 0 Å². The minimum absolute atomic E-state index is 0.0920. The highest BCUT2D eigenvalue weighted by molar-refractivity contribution is 9.10. The van der Waals surface area contributed by atoms with Gasteiger partial charge < -0.3 is 14.8 Å². The van der Waals surface area contributed by atoms with Gasteiger partial charge in [-0.25, -0.2) is 0 Å². The molecule has 4 nitrogen and oxygen atoms in total. The summed E-state index contributed by atoms with van der Waals surface area (Å²) in [6, 6.07) is 5.29. The first-order valence-corrected chi connectivity index (χ1v) is 8.23. The van der Waals surface area contributed by atoms with Crippen LogP contribution in [0.2, 0.25) is 0 Å². The second-order valence-electron chi connectivity index (χ2n) is 5.24. The van der Waals surface area contributed by atoms with E-state index in [1.807, 2.05) is 0 Å². The Bertz CT molecular complexity index is 473. The van der Waals surface area contributed by atoms with E-state index in [9.17, 15) is 4.79 Å². The Kier molecular flexibility index (Phi) is 6.51. The van der Waals surface area contributed by atoms with Gasteiger partial charge in [0.05, 0.1) is 24.3 Å². The zero-order valence-corrected chi connectivity index (χ0v) is 13.9. The topological polar surface area (TPSA) is 47.6 Å². The highest BCUT2D eigenvalue weighted by Crippen LogP contribution is 2.25. The summed E-state index contributed by atoms with van der Waals surface area (Å²) in [5.41, 5.74) is 0.611. The molecule has 2 rings (SSSR count). The van der Waals surface area contributed by atoms with Gasteiger partial charge in [-0.3, -0.25) is 4.79 Å². The van der Waals surface area contributed by atoms with Gasteiger partial charge >= 0.3 is 0 Å². The maximum absolute atomic E-state index is 12.0. The predicted octanol–water partition coefficient (Wildman–Crippen LogP) is 3.54. The van der Waals surface area contributed by atoms with Gasteiger partial charge in [0.1, 0.15) is 5.75 Å². The average molecular weight is 356 g/mol. The van der Waals surface area contributed by atoms with Crippen molar-refractivity contribution in [1.82, 2.24) is 5.32 Å². The number of methoxy groups -OCH3 is 1. The molecular formula is C16H22BrNO3. The molecular weight excluding hydrogens is 334 g/mol. The van der Waals surface area contributed by atoms with Gasteiger partial charge in [0.2, 0.25) is 0 Å². The van der Waals surface area contributed by atoms with Crippen LogP contribution in [0.4, 0.5) is 0 Å². The summed E-state index contributed by atoms with van der Waals surface area (Å²) in [5.74, 6) is 0.623. The summed E-state index contributed by atoms with van der Waals surface area (Å²) in [6.07, 6.45) is 6.53. The summed E-state index contributed by atoms with van der Waals surface area (Å²) >= 11 is 3.38. The molecule has 1 saturated carbocycles. The van der Waals surface area contributed by atoms with Crippen LogP contribution >= 0.6 is 15.9 Å². The van der Waals surface area contributed by atoms with Crippen molar-refractivity contribution in [3.8, 4) is 5.75 Å². The monoisotopic (exact) mass is 355 g/mol. The lowest BCUT2D eigenvalue weighted by Crippen LogP contribution is -2.29. The summed E-state index contributed by atoms with van der Waals surface area (Å²) in [5, 5.41) is 2.88. The number of amides is 1. The van der Waals surface area contributed by atoms with Crippen LogP contribution in [0.5, 0.6) is 5.75 Å². The smallest absolute Gasteiger partial charge is 0.251 e. The molecule has 116 valence electrons. The van der Waals surface area contributed by atoms with E-state index >= 15 is 0 Å². The van der Waals surface area contributed by atoms with Gasteiger partial charge in [0.15, 0.2) is 0 Å². The third-order valence-corrected chi connectivity index (χ3v) is 4.33. The maximum Gasteiger partial charge on any atom is 0.251 e. The Hall–Kier alpha value is -1.07. The van der Waals surface area contributed by atoms with E-state index in [0.717, 1.165) is 17.3 Å². The van der Waals surface area contributed by atoms with E-state index in [4.69, 9.17) is 9.47 Å². The van der Waals surface area contributed by atoms with Crippen LogP contribution in [0.3, 0.4) is 0 Å². The zero-order valence-electron chi connectivity index (χ0n) is 12.4. The van der Waals surface area contributed by atoms with Crippen molar-refractivity contribution in [2.45, 2.75) is 38.2 Å². The minimum atomic E-state index is -0.0920. The molecule has 1 aromatic carbocycles. The number of nitrogens with one attached hydrogen (secondary N) is 1. The minimum Gasteiger partial charge on any atom is -0.496 e. The zero-order chi connectivity index (χ0) is 15.1. The summed E-state index contributed by atoms with van der Waals surface area (Å²) < 4.78 is 11.7. The lowest BCUT2D eigenvalue weighted by Gasteiger charge is -2.22. The third-order valence-electron chi connectivity index (χ3n) is 3.71. The Morgan fingerprint density at radius 3 is 2.76 bits per heavy atom. The lowest BCUT2D eigenvalue weighted by atomic mass is 9.98. The first-order valence-electron chi connectivity index (χ1n) is 7.44. The molecule has 0 bridgehead atoms. The van der Waals surface area contributed by atoms with Crippen LogP contribution in [0.15, 0.2) is 22.7 Å². The van der Waals surface area contributed by atoms with Crippen LogP contribution in [-0.4, -0.2) is 32.3 Å². The number of hydrogen-bond donors (Lipinski definition) is 1. The van der Waals surface area contributed by atoms with E-state index < -0.39 is 0 Å². The molecule has 0 radical (unpaired) electrons. The Labute approximate surface area is 134 Å². The van der Waals surface area contributed by atoms with Crippen LogP contribution < -0.4 is 10.1 Å². The predicted molar refractivity (Wildman–Crippen MR) is 85.9 cm³/mol. The van der Waals surface area contributed by atoms with Gasteiger partial charge in [-0.15, -0.1) is 0 Å². The van der Waals surface area contributed by atoms with E-state index in [2.05, 4.69) is 21.2 Å².